The minimum atomic E-state index is 0.421. The second kappa shape index (κ2) is 10.4. The molecule has 1 aromatic heterocycles. The van der Waals surface area contributed by atoms with Gasteiger partial charge in [-0.15, -0.1) is 0 Å². The van der Waals surface area contributed by atoms with E-state index in [1.54, 1.807) is 0 Å². The average molecular weight is 344 g/mol. The van der Waals surface area contributed by atoms with Crippen LogP contribution in [-0.2, 0) is 6.54 Å². The molecule has 0 aliphatic rings. The van der Waals surface area contributed by atoms with Crippen molar-refractivity contribution in [2.24, 2.45) is 0 Å². The molecule has 20 heavy (non-hydrogen) atoms. The summed E-state index contributed by atoms with van der Waals surface area (Å²) in [5.74, 6) is 0. The first-order valence-corrected chi connectivity index (χ1v) is 8.98. The number of unbranched alkanes of at least 4 members (excludes halogenated alkanes) is 4. The summed E-state index contributed by atoms with van der Waals surface area (Å²) in [5.41, 5.74) is 1.32. The molecular formula is C16H30BrN3. The van der Waals surface area contributed by atoms with Crippen LogP contribution in [-0.4, -0.2) is 16.3 Å². The summed E-state index contributed by atoms with van der Waals surface area (Å²) in [5, 5.41) is 8.12. The largest absolute Gasteiger partial charge is 0.309 e. The van der Waals surface area contributed by atoms with Crippen LogP contribution in [0.3, 0.4) is 0 Å². The van der Waals surface area contributed by atoms with Gasteiger partial charge in [0.15, 0.2) is 0 Å². The van der Waals surface area contributed by atoms with E-state index >= 15 is 0 Å². The van der Waals surface area contributed by atoms with Gasteiger partial charge in [-0.1, -0.05) is 52.9 Å². The molecule has 0 aliphatic heterocycles. The fraction of sp³-hybridized carbons (Fsp3) is 0.812. The second-order valence-corrected chi connectivity index (χ2v) is 6.27. The van der Waals surface area contributed by atoms with Crippen molar-refractivity contribution >= 4 is 15.9 Å². The molecule has 0 saturated carbocycles. The van der Waals surface area contributed by atoms with Crippen molar-refractivity contribution in [3.05, 3.63) is 16.4 Å². The highest BCUT2D eigenvalue weighted by Crippen LogP contribution is 2.27. The van der Waals surface area contributed by atoms with Gasteiger partial charge in [-0.25, -0.2) is 0 Å². The van der Waals surface area contributed by atoms with Crippen LogP contribution in [0.1, 0.15) is 77.5 Å². The highest BCUT2D eigenvalue weighted by atomic mass is 79.9. The summed E-state index contributed by atoms with van der Waals surface area (Å²) in [6.45, 7) is 8.65. The molecule has 0 bridgehead atoms. The Morgan fingerprint density at radius 1 is 1.15 bits per heavy atom. The molecule has 1 unspecified atom stereocenters. The third-order valence-electron chi connectivity index (χ3n) is 3.65. The van der Waals surface area contributed by atoms with E-state index in [4.69, 9.17) is 0 Å². The predicted octanol–water partition coefficient (Wildman–Crippen LogP) is 5.07. The molecule has 4 heteroatoms. The number of hydrogen-bond donors (Lipinski definition) is 1. The standard InChI is InChI=1S/C16H30BrN3/c1-4-7-8-9-10-11-15(18-6-3)16-14(17)13-19-20(16)12-5-2/h13,15,18H,4-12H2,1-3H3. The molecule has 0 saturated heterocycles. The van der Waals surface area contributed by atoms with Crippen molar-refractivity contribution < 1.29 is 0 Å². The molecule has 0 aromatic carbocycles. The van der Waals surface area contributed by atoms with E-state index in [1.807, 2.05) is 6.20 Å². The van der Waals surface area contributed by atoms with Crippen molar-refractivity contribution in [2.45, 2.75) is 78.3 Å². The van der Waals surface area contributed by atoms with Crippen molar-refractivity contribution in [3.63, 3.8) is 0 Å². The maximum absolute atomic E-state index is 4.50. The molecule has 1 atom stereocenters. The highest BCUT2D eigenvalue weighted by Gasteiger charge is 2.18. The number of aryl methyl sites for hydroxylation is 1. The van der Waals surface area contributed by atoms with E-state index in [9.17, 15) is 0 Å². The normalized spacial score (nSPS) is 12.8. The predicted molar refractivity (Wildman–Crippen MR) is 90.0 cm³/mol. The lowest BCUT2D eigenvalue weighted by atomic mass is 10.0. The van der Waals surface area contributed by atoms with Gasteiger partial charge in [0.1, 0.15) is 0 Å². The van der Waals surface area contributed by atoms with Crippen molar-refractivity contribution in [3.8, 4) is 0 Å². The summed E-state index contributed by atoms with van der Waals surface area (Å²) < 4.78 is 3.30. The zero-order valence-corrected chi connectivity index (χ0v) is 14.9. The molecule has 1 N–H and O–H groups in total. The van der Waals surface area contributed by atoms with Gasteiger partial charge in [0.05, 0.1) is 22.4 Å². The first-order valence-electron chi connectivity index (χ1n) is 8.19. The summed E-state index contributed by atoms with van der Waals surface area (Å²) in [6.07, 6.45) is 10.9. The Hall–Kier alpha value is -0.350. The third-order valence-corrected chi connectivity index (χ3v) is 4.26. The van der Waals surface area contributed by atoms with Crippen LogP contribution >= 0.6 is 15.9 Å². The Labute approximate surface area is 132 Å². The van der Waals surface area contributed by atoms with E-state index in [0.717, 1.165) is 24.0 Å². The van der Waals surface area contributed by atoms with Crippen LogP contribution in [0.15, 0.2) is 10.7 Å². The summed E-state index contributed by atoms with van der Waals surface area (Å²) in [6, 6.07) is 0.421. The molecule has 0 amide bonds. The molecule has 3 nitrogen and oxygen atoms in total. The minimum absolute atomic E-state index is 0.421. The lowest BCUT2D eigenvalue weighted by molar-refractivity contribution is 0.436. The fourth-order valence-corrected chi connectivity index (χ4v) is 3.21. The van der Waals surface area contributed by atoms with Crippen LogP contribution in [0.2, 0.25) is 0 Å². The Morgan fingerprint density at radius 3 is 2.55 bits per heavy atom. The van der Waals surface area contributed by atoms with Crippen molar-refractivity contribution in [1.82, 2.24) is 15.1 Å². The molecule has 0 fully saturated rings. The number of hydrogen-bond acceptors (Lipinski definition) is 2. The molecule has 0 aliphatic carbocycles. The van der Waals surface area contributed by atoms with Gasteiger partial charge >= 0.3 is 0 Å². The van der Waals surface area contributed by atoms with Gasteiger partial charge in [-0.3, -0.25) is 4.68 Å². The van der Waals surface area contributed by atoms with Crippen LogP contribution in [0.4, 0.5) is 0 Å². The number of halogens is 1. The third kappa shape index (κ3) is 5.57. The van der Waals surface area contributed by atoms with E-state index in [2.05, 4.69) is 51.8 Å². The lowest BCUT2D eigenvalue weighted by Crippen LogP contribution is -2.24. The Bertz CT molecular complexity index is 363. The van der Waals surface area contributed by atoms with Crippen molar-refractivity contribution in [1.29, 1.82) is 0 Å². The van der Waals surface area contributed by atoms with Crippen molar-refractivity contribution in [2.75, 3.05) is 6.54 Å². The van der Waals surface area contributed by atoms with Crippen LogP contribution < -0.4 is 5.32 Å². The maximum atomic E-state index is 4.50. The van der Waals surface area contributed by atoms with Crippen LogP contribution in [0, 0.1) is 0 Å². The van der Waals surface area contributed by atoms with Crippen LogP contribution in [0.5, 0.6) is 0 Å². The molecule has 116 valence electrons. The molecule has 1 rings (SSSR count). The summed E-state index contributed by atoms with van der Waals surface area (Å²) in [4.78, 5) is 0. The topological polar surface area (TPSA) is 29.9 Å². The van der Waals surface area contributed by atoms with Gasteiger partial charge in [-0.05, 0) is 35.3 Å². The zero-order valence-electron chi connectivity index (χ0n) is 13.3. The van der Waals surface area contributed by atoms with Gasteiger partial charge in [0.2, 0.25) is 0 Å². The highest BCUT2D eigenvalue weighted by molar-refractivity contribution is 9.10. The SMILES string of the molecule is CCCCCCCC(NCC)c1c(Br)cnn1CCC. The number of nitrogens with one attached hydrogen (secondary N) is 1. The number of nitrogens with zero attached hydrogens (tertiary/aromatic N) is 2. The molecule has 1 aromatic rings. The first-order chi connectivity index (χ1) is 9.74. The quantitative estimate of drug-likeness (QED) is 0.568. The molecule has 0 radical (unpaired) electrons. The minimum Gasteiger partial charge on any atom is -0.309 e. The molecule has 0 spiro atoms. The lowest BCUT2D eigenvalue weighted by Gasteiger charge is -2.20. The molecule has 1 heterocycles. The van der Waals surface area contributed by atoms with Gasteiger partial charge < -0.3 is 5.32 Å². The smallest absolute Gasteiger partial charge is 0.0695 e. The van der Waals surface area contributed by atoms with Crippen LogP contribution in [0.25, 0.3) is 0 Å². The van der Waals surface area contributed by atoms with E-state index in [-0.39, 0.29) is 0 Å². The Morgan fingerprint density at radius 2 is 1.90 bits per heavy atom. The van der Waals surface area contributed by atoms with Gasteiger partial charge in [-0.2, -0.15) is 5.10 Å². The van der Waals surface area contributed by atoms with Gasteiger partial charge in [0.25, 0.3) is 0 Å². The number of rotatable bonds is 11. The number of aromatic nitrogens is 2. The maximum Gasteiger partial charge on any atom is 0.0695 e. The summed E-state index contributed by atoms with van der Waals surface area (Å²) in [7, 11) is 0. The Balaban J connectivity index is 2.62. The van der Waals surface area contributed by atoms with E-state index in [0.29, 0.717) is 6.04 Å². The monoisotopic (exact) mass is 343 g/mol. The van der Waals surface area contributed by atoms with E-state index in [1.165, 1.54) is 44.2 Å². The first kappa shape index (κ1) is 17.7. The fourth-order valence-electron chi connectivity index (χ4n) is 2.64. The Kier molecular flexibility index (Phi) is 9.19. The molecular weight excluding hydrogens is 314 g/mol. The average Bonchev–Trinajstić information content (AvgIpc) is 2.79. The summed E-state index contributed by atoms with van der Waals surface area (Å²) >= 11 is 3.67. The van der Waals surface area contributed by atoms with Gasteiger partial charge in [0, 0.05) is 6.54 Å². The zero-order chi connectivity index (χ0) is 14.8. The second-order valence-electron chi connectivity index (χ2n) is 5.41. The van der Waals surface area contributed by atoms with E-state index < -0.39 is 0 Å².